The molecule has 0 saturated carbocycles. The summed E-state index contributed by atoms with van der Waals surface area (Å²) in [6, 6.07) is 16.0. The molecule has 0 amide bonds. The van der Waals surface area contributed by atoms with E-state index in [1.807, 2.05) is 55.5 Å². The number of hydrogen-bond donors (Lipinski definition) is 1. The highest BCUT2D eigenvalue weighted by Gasteiger charge is 1.95. The summed E-state index contributed by atoms with van der Waals surface area (Å²) in [7, 11) is 0. The maximum Gasteiger partial charge on any atom is 0.0933 e. The molecule has 3 heteroatoms. The predicted molar refractivity (Wildman–Crippen MR) is 67.0 cm³/mol. The predicted octanol–water partition coefficient (Wildman–Crippen LogP) is 2.61. The molecule has 1 N–H and O–H groups in total. The number of aromatic nitrogens is 1. The summed E-state index contributed by atoms with van der Waals surface area (Å²) in [6.45, 7) is 3.16. The van der Waals surface area contributed by atoms with Crippen LogP contribution in [0.5, 0.6) is 0 Å². The molecule has 0 unspecified atom stereocenters. The molecular weight excluding hydrogens is 212 g/mol. The summed E-state index contributed by atoms with van der Waals surface area (Å²) in [4.78, 5) is 9.75. The summed E-state index contributed by atoms with van der Waals surface area (Å²) in [5.41, 5.74) is 6.07. The smallest absolute Gasteiger partial charge is 0.0933 e. The maximum atomic E-state index is 5.37. The fourth-order valence-corrected chi connectivity index (χ4v) is 1.53. The van der Waals surface area contributed by atoms with Crippen LogP contribution in [-0.2, 0) is 18.0 Å². The van der Waals surface area contributed by atoms with Gasteiger partial charge >= 0.3 is 0 Å². The SMILES string of the molecule is Cc1cccc(CNOCc2ccccc2)n1. The first-order valence-corrected chi connectivity index (χ1v) is 5.66. The summed E-state index contributed by atoms with van der Waals surface area (Å²) >= 11 is 0. The van der Waals surface area contributed by atoms with Crippen LogP contribution < -0.4 is 5.48 Å². The van der Waals surface area contributed by atoms with Crippen LogP contribution in [0.4, 0.5) is 0 Å². The van der Waals surface area contributed by atoms with E-state index in [0.717, 1.165) is 17.0 Å². The minimum Gasteiger partial charge on any atom is -0.297 e. The lowest BCUT2D eigenvalue weighted by molar-refractivity contribution is 0.0228. The molecule has 0 radical (unpaired) electrons. The van der Waals surface area contributed by atoms with Crippen molar-refractivity contribution < 1.29 is 4.84 Å². The highest BCUT2D eigenvalue weighted by molar-refractivity contribution is 5.13. The lowest BCUT2D eigenvalue weighted by atomic mass is 10.2. The third kappa shape index (κ3) is 3.98. The number of rotatable bonds is 5. The normalized spacial score (nSPS) is 10.4. The Balaban J connectivity index is 1.73. The molecule has 1 aromatic heterocycles. The molecule has 0 bridgehead atoms. The van der Waals surface area contributed by atoms with E-state index in [2.05, 4.69) is 10.5 Å². The van der Waals surface area contributed by atoms with E-state index in [1.54, 1.807) is 0 Å². The van der Waals surface area contributed by atoms with E-state index >= 15 is 0 Å². The quantitative estimate of drug-likeness (QED) is 0.631. The number of nitrogens with zero attached hydrogens (tertiary/aromatic N) is 1. The van der Waals surface area contributed by atoms with Gasteiger partial charge in [-0.2, -0.15) is 5.48 Å². The largest absolute Gasteiger partial charge is 0.297 e. The minimum atomic E-state index is 0.562. The van der Waals surface area contributed by atoms with Crippen LogP contribution >= 0.6 is 0 Å². The van der Waals surface area contributed by atoms with E-state index in [4.69, 9.17) is 4.84 Å². The molecule has 0 saturated heterocycles. The van der Waals surface area contributed by atoms with Crippen LogP contribution in [-0.4, -0.2) is 4.98 Å². The summed E-state index contributed by atoms with van der Waals surface area (Å²) in [5.74, 6) is 0. The Morgan fingerprint density at radius 1 is 1.06 bits per heavy atom. The lowest BCUT2D eigenvalue weighted by Crippen LogP contribution is -2.14. The highest BCUT2D eigenvalue weighted by Crippen LogP contribution is 2.00. The first-order chi connectivity index (χ1) is 8.34. The average molecular weight is 228 g/mol. The fourth-order valence-electron chi connectivity index (χ4n) is 1.53. The topological polar surface area (TPSA) is 34.1 Å². The lowest BCUT2D eigenvalue weighted by Gasteiger charge is -2.06. The third-order valence-corrected chi connectivity index (χ3v) is 2.38. The van der Waals surface area contributed by atoms with Crippen molar-refractivity contribution in [3.8, 4) is 0 Å². The maximum absolute atomic E-state index is 5.37. The van der Waals surface area contributed by atoms with Crippen molar-refractivity contribution in [2.75, 3.05) is 0 Å². The highest BCUT2D eigenvalue weighted by atomic mass is 16.6. The number of hydroxylamine groups is 1. The van der Waals surface area contributed by atoms with Gasteiger partial charge in [0.2, 0.25) is 0 Å². The van der Waals surface area contributed by atoms with E-state index in [0.29, 0.717) is 13.2 Å². The molecule has 88 valence electrons. The Labute approximate surface area is 101 Å². The van der Waals surface area contributed by atoms with Crippen LogP contribution in [0, 0.1) is 6.92 Å². The second kappa shape index (κ2) is 6.13. The summed E-state index contributed by atoms with van der Waals surface area (Å²) in [5, 5.41) is 0. The van der Waals surface area contributed by atoms with Gasteiger partial charge in [-0.25, -0.2) is 0 Å². The number of hydrogen-bond acceptors (Lipinski definition) is 3. The van der Waals surface area contributed by atoms with Crippen molar-refractivity contribution in [1.82, 2.24) is 10.5 Å². The molecule has 0 aliphatic heterocycles. The molecule has 17 heavy (non-hydrogen) atoms. The van der Waals surface area contributed by atoms with Crippen LogP contribution in [0.1, 0.15) is 17.0 Å². The molecule has 0 fully saturated rings. The van der Waals surface area contributed by atoms with Gasteiger partial charge in [-0.1, -0.05) is 36.4 Å². The summed E-state index contributed by atoms with van der Waals surface area (Å²) < 4.78 is 0. The fraction of sp³-hybridized carbons (Fsp3) is 0.214. The number of nitrogens with one attached hydrogen (secondary N) is 1. The van der Waals surface area contributed by atoms with Crippen molar-refractivity contribution >= 4 is 0 Å². The van der Waals surface area contributed by atoms with Gasteiger partial charge in [0.05, 0.1) is 18.8 Å². The van der Waals surface area contributed by atoms with Crippen LogP contribution in [0.2, 0.25) is 0 Å². The van der Waals surface area contributed by atoms with Crippen molar-refractivity contribution in [1.29, 1.82) is 0 Å². The van der Waals surface area contributed by atoms with Gasteiger partial charge in [0.25, 0.3) is 0 Å². The van der Waals surface area contributed by atoms with Crippen LogP contribution in [0.15, 0.2) is 48.5 Å². The zero-order valence-corrected chi connectivity index (χ0v) is 9.89. The Kier molecular flexibility index (Phi) is 4.24. The van der Waals surface area contributed by atoms with E-state index in [-0.39, 0.29) is 0 Å². The Morgan fingerprint density at radius 3 is 2.65 bits per heavy atom. The van der Waals surface area contributed by atoms with Gasteiger partial charge in [-0.15, -0.1) is 0 Å². The van der Waals surface area contributed by atoms with Gasteiger partial charge in [0.1, 0.15) is 0 Å². The molecule has 0 atom stereocenters. The first-order valence-electron chi connectivity index (χ1n) is 5.66. The Morgan fingerprint density at radius 2 is 1.88 bits per heavy atom. The number of pyridine rings is 1. The standard InChI is InChI=1S/C14H16N2O/c1-12-6-5-9-14(16-12)10-15-17-11-13-7-3-2-4-8-13/h2-9,15H,10-11H2,1H3. The average Bonchev–Trinajstić information content (AvgIpc) is 2.36. The van der Waals surface area contributed by atoms with E-state index in [1.165, 1.54) is 0 Å². The molecular formula is C14H16N2O. The van der Waals surface area contributed by atoms with Gasteiger partial charge in [0, 0.05) is 5.69 Å². The van der Waals surface area contributed by atoms with Crippen molar-refractivity contribution in [2.24, 2.45) is 0 Å². The monoisotopic (exact) mass is 228 g/mol. The zero-order chi connectivity index (χ0) is 11.9. The van der Waals surface area contributed by atoms with E-state index in [9.17, 15) is 0 Å². The van der Waals surface area contributed by atoms with Gasteiger partial charge < -0.3 is 0 Å². The molecule has 0 aliphatic rings. The van der Waals surface area contributed by atoms with Crippen LogP contribution in [0.25, 0.3) is 0 Å². The first kappa shape index (κ1) is 11.8. The van der Waals surface area contributed by atoms with Gasteiger partial charge in [-0.3, -0.25) is 9.82 Å². The second-order valence-corrected chi connectivity index (χ2v) is 3.87. The second-order valence-electron chi connectivity index (χ2n) is 3.87. The molecule has 2 aromatic rings. The van der Waals surface area contributed by atoms with Gasteiger partial charge in [0.15, 0.2) is 0 Å². The van der Waals surface area contributed by atoms with Crippen molar-refractivity contribution in [3.63, 3.8) is 0 Å². The molecule has 1 heterocycles. The minimum absolute atomic E-state index is 0.562. The molecule has 3 nitrogen and oxygen atoms in total. The van der Waals surface area contributed by atoms with Crippen molar-refractivity contribution in [3.05, 3.63) is 65.5 Å². The molecule has 0 spiro atoms. The third-order valence-electron chi connectivity index (χ3n) is 2.38. The van der Waals surface area contributed by atoms with Gasteiger partial charge in [-0.05, 0) is 24.6 Å². The van der Waals surface area contributed by atoms with E-state index < -0.39 is 0 Å². The molecule has 1 aromatic carbocycles. The Hall–Kier alpha value is -1.71. The van der Waals surface area contributed by atoms with Crippen LogP contribution in [0.3, 0.4) is 0 Å². The number of benzene rings is 1. The summed E-state index contributed by atoms with van der Waals surface area (Å²) in [6.07, 6.45) is 0. The Bertz CT molecular complexity index is 457. The molecule has 0 aliphatic carbocycles. The number of aryl methyl sites for hydroxylation is 1. The zero-order valence-electron chi connectivity index (χ0n) is 9.89. The molecule has 2 rings (SSSR count). The van der Waals surface area contributed by atoms with Crippen molar-refractivity contribution in [2.45, 2.75) is 20.1 Å².